The highest BCUT2D eigenvalue weighted by Gasteiger charge is 2.30. The molecular formula is C24H22N2O2S. The number of carbonyl (C=O) groups excluding carboxylic acids is 2. The third kappa shape index (κ3) is 4.69. The van der Waals surface area contributed by atoms with Crippen molar-refractivity contribution in [2.45, 2.75) is 23.1 Å². The molecule has 4 nitrogen and oxygen atoms in total. The smallest absolute Gasteiger partial charge is 0.240 e. The molecule has 5 heteroatoms. The van der Waals surface area contributed by atoms with E-state index in [2.05, 4.69) is 17.4 Å². The van der Waals surface area contributed by atoms with Crippen LogP contribution >= 0.6 is 11.8 Å². The Morgan fingerprint density at radius 3 is 2.34 bits per heavy atom. The summed E-state index contributed by atoms with van der Waals surface area (Å²) >= 11 is 1.68. The monoisotopic (exact) mass is 402 g/mol. The first-order valence-electron chi connectivity index (χ1n) is 9.62. The van der Waals surface area contributed by atoms with Gasteiger partial charge < -0.3 is 10.2 Å². The number of amides is 2. The van der Waals surface area contributed by atoms with Gasteiger partial charge in [-0.1, -0.05) is 72.8 Å². The topological polar surface area (TPSA) is 49.4 Å². The molecule has 1 N–H and O–H groups in total. The Balaban J connectivity index is 1.52. The van der Waals surface area contributed by atoms with Crippen LogP contribution in [0.1, 0.15) is 22.8 Å². The molecule has 1 heterocycles. The molecule has 0 spiro atoms. The predicted molar refractivity (Wildman–Crippen MR) is 117 cm³/mol. The zero-order valence-corrected chi connectivity index (χ0v) is 16.8. The number of thioether (sulfide) groups is 1. The molecule has 0 radical (unpaired) electrons. The number of rotatable bonds is 5. The fourth-order valence-corrected chi connectivity index (χ4v) is 4.68. The summed E-state index contributed by atoms with van der Waals surface area (Å²) in [5.41, 5.74) is 2.95. The molecule has 1 aliphatic rings. The highest BCUT2D eigenvalue weighted by Crippen LogP contribution is 2.45. The second-order valence-corrected chi connectivity index (χ2v) is 8.18. The number of hydrogen-bond acceptors (Lipinski definition) is 3. The molecule has 29 heavy (non-hydrogen) atoms. The van der Waals surface area contributed by atoms with Gasteiger partial charge in [-0.15, -0.1) is 11.8 Å². The summed E-state index contributed by atoms with van der Waals surface area (Å²) in [6.45, 7) is 0.468. The van der Waals surface area contributed by atoms with Gasteiger partial charge in [0.05, 0.1) is 5.69 Å². The zero-order valence-electron chi connectivity index (χ0n) is 16.0. The molecule has 0 aromatic heterocycles. The zero-order chi connectivity index (χ0) is 20.1. The van der Waals surface area contributed by atoms with Gasteiger partial charge in [0.1, 0.15) is 6.54 Å². The maximum Gasteiger partial charge on any atom is 0.240 e. The summed E-state index contributed by atoms with van der Waals surface area (Å²) in [7, 11) is 0. The molecule has 146 valence electrons. The second kappa shape index (κ2) is 8.97. The molecule has 1 aliphatic heterocycles. The molecule has 0 saturated heterocycles. The average molecular weight is 403 g/mol. The molecule has 3 aromatic carbocycles. The molecule has 0 unspecified atom stereocenters. The number of nitrogens with one attached hydrogen (secondary N) is 1. The third-order valence-electron chi connectivity index (χ3n) is 4.89. The van der Waals surface area contributed by atoms with Crippen LogP contribution in [-0.4, -0.2) is 18.4 Å². The number of para-hydroxylation sites is 1. The van der Waals surface area contributed by atoms with Gasteiger partial charge in [0.2, 0.25) is 11.8 Å². The molecule has 0 saturated carbocycles. The lowest BCUT2D eigenvalue weighted by Gasteiger charge is -2.22. The highest BCUT2D eigenvalue weighted by atomic mass is 32.2. The fraction of sp³-hybridized carbons (Fsp3) is 0.167. The molecular weight excluding hydrogens is 380 g/mol. The Hall–Kier alpha value is -3.05. The Labute approximate surface area is 174 Å². The maximum atomic E-state index is 13.1. The lowest BCUT2D eigenvalue weighted by molar-refractivity contribution is -0.124. The Kier molecular flexibility index (Phi) is 5.96. The largest absolute Gasteiger partial charge is 0.350 e. The molecule has 1 atom stereocenters. The first-order valence-corrected chi connectivity index (χ1v) is 10.5. The lowest BCUT2D eigenvalue weighted by atomic mass is 10.1. The van der Waals surface area contributed by atoms with E-state index >= 15 is 0 Å². The summed E-state index contributed by atoms with van der Waals surface area (Å²) in [6, 6.07) is 27.6. The second-order valence-electron chi connectivity index (χ2n) is 6.93. The first kappa shape index (κ1) is 19.3. The minimum absolute atomic E-state index is 0.0186. The van der Waals surface area contributed by atoms with Crippen LogP contribution in [-0.2, 0) is 16.1 Å². The van der Waals surface area contributed by atoms with E-state index in [0.717, 1.165) is 21.7 Å². The van der Waals surface area contributed by atoms with Gasteiger partial charge in [-0.2, -0.15) is 0 Å². The molecule has 0 aliphatic carbocycles. The molecule has 2 amide bonds. The number of anilines is 1. The Morgan fingerprint density at radius 2 is 1.59 bits per heavy atom. The van der Waals surface area contributed by atoms with Crippen LogP contribution in [0.3, 0.4) is 0 Å². The van der Waals surface area contributed by atoms with Crippen molar-refractivity contribution >= 4 is 29.3 Å². The number of carbonyl (C=O) groups is 2. The summed E-state index contributed by atoms with van der Waals surface area (Å²) < 4.78 is 0. The van der Waals surface area contributed by atoms with E-state index in [1.54, 1.807) is 16.7 Å². The molecule has 0 fully saturated rings. The van der Waals surface area contributed by atoms with Crippen molar-refractivity contribution in [2.75, 3.05) is 11.4 Å². The van der Waals surface area contributed by atoms with Gasteiger partial charge in [-0.3, -0.25) is 9.59 Å². The summed E-state index contributed by atoms with van der Waals surface area (Å²) in [5, 5.41) is 2.95. The van der Waals surface area contributed by atoms with Crippen molar-refractivity contribution in [3.05, 3.63) is 96.1 Å². The van der Waals surface area contributed by atoms with E-state index in [9.17, 15) is 9.59 Å². The molecule has 4 rings (SSSR count). The Morgan fingerprint density at radius 1 is 0.931 bits per heavy atom. The minimum atomic E-state index is -0.167. The Bertz CT molecular complexity index is 992. The first-order chi connectivity index (χ1) is 14.2. The minimum Gasteiger partial charge on any atom is -0.350 e. The van der Waals surface area contributed by atoms with Crippen LogP contribution in [0.5, 0.6) is 0 Å². The van der Waals surface area contributed by atoms with Gasteiger partial charge in [-0.05, 0) is 23.3 Å². The normalized spacial score (nSPS) is 16.1. The predicted octanol–water partition coefficient (Wildman–Crippen LogP) is 4.57. The van der Waals surface area contributed by atoms with E-state index in [0.29, 0.717) is 13.0 Å². The van der Waals surface area contributed by atoms with Crippen LogP contribution in [0.15, 0.2) is 89.8 Å². The van der Waals surface area contributed by atoms with E-state index in [1.165, 1.54) is 0 Å². The van der Waals surface area contributed by atoms with Crippen molar-refractivity contribution in [2.24, 2.45) is 0 Å². The average Bonchev–Trinajstić information content (AvgIpc) is 2.90. The van der Waals surface area contributed by atoms with E-state index in [4.69, 9.17) is 0 Å². The van der Waals surface area contributed by atoms with Crippen molar-refractivity contribution in [3.8, 4) is 0 Å². The van der Waals surface area contributed by atoms with Crippen molar-refractivity contribution in [1.29, 1.82) is 0 Å². The highest BCUT2D eigenvalue weighted by molar-refractivity contribution is 7.99. The van der Waals surface area contributed by atoms with Crippen LogP contribution in [0.4, 0.5) is 5.69 Å². The number of benzene rings is 3. The molecule has 3 aromatic rings. The number of nitrogens with zero attached hydrogens (tertiary/aromatic N) is 1. The summed E-state index contributed by atoms with van der Waals surface area (Å²) in [4.78, 5) is 28.3. The van der Waals surface area contributed by atoms with Gasteiger partial charge in [-0.25, -0.2) is 0 Å². The van der Waals surface area contributed by atoms with Crippen LogP contribution in [0.25, 0.3) is 0 Å². The van der Waals surface area contributed by atoms with E-state index in [1.807, 2.05) is 72.8 Å². The quantitative estimate of drug-likeness (QED) is 0.680. The number of fused-ring (bicyclic) bond motifs is 1. The van der Waals surface area contributed by atoms with Crippen LogP contribution in [0.2, 0.25) is 0 Å². The third-order valence-corrected chi connectivity index (χ3v) is 6.21. The van der Waals surface area contributed by atoms with Crippen molar-refractivity contribution in [3.63, 3.8) is 0 Å². The number of hydrogen-bond donors (Lipinski definition) is 1. The van der Waals surface area contributed by atoms with Gasteiger partial charge in [0.15, 0.2) is 0 Å². The van der Waals surface area contributed by atoms with Crippen LogP contribution < -0.4 is 10.2 Å². The van der Waals surface area contributed by atoms with Crippen molar-refractivity contribution < 1.29 is 9.59 Å². The van der Waals surface area contributed by atoms with E-state index in [-0.39, 0.29) is 23.6 Å². The SMILES string of the molecule is O=C(CN1C(=O)C[C@H](c2ccccc2)Sc2ccccc21)NCc1ccccc1. The van der Waals surface area contributed by atoms with Gasteiger partial charge >= 0.3 is 0 Å². The fourth-order valence-electron chi connectivity index (χ4n) is 3.40. The summed E-state index contributed by atoms with van der Waals surface area (Å²) in [5.74, 6) is -0.202. The lowest BCUT2D eigenvalue weighted by Crippen LogP contribution is -2.40. The summed E-state index contributed by atoms with van der Waals surface area (Å²) in [6.07, 6.45) is 0.356. The van der Waals surface area contributed by atoms with Crippen LogP contribution in [0, 0.1) is 0 Å². The maximum absolute atomic E-state index is 13.1. The van der Waals surface area contributed by atoms with Gasteiger partial charge in [0, 0.05) is 23.1 Å². The van der Waals surface area contributed by atoms with Gasteiger partial charge in [0.25, 0.3) is 0 Å². The van der Waals surface area contributed by atoms with Crippen molar-refractivity contribution in [1.82, 2.24) is 5.32 Å². The molecule has 0 bridgehead atoms. The standard InChI is InChI=1S/C24H22N2O2S/c27-23(25-16-18-9-3-1-4-10-18)17-26-20-13-7-8-14-21(20)29-22(15-24(26)28)19-11-5-2-6-12-19/h1-14,22H,15-17H2,(H,25,27)/t22-/m1/s1. The van der Waals surface area contributed by atoms with E-state index < -0.39 is 0 Å².